The third-order valence-corrected chi connectivity index (χ3v) is 4.24. The number of nitrogens with zero attached hydrogens (tertiary/aromatic N) is 1. The van der Waals surface area contributed by atoms with Gasteiger partial charge in [0.25, 0.3) is 5.91 Å². The van der Waals surface area contributed by atoms with E-state index in [1.54, 1.807) is 6.20 Å². The minimum Gasteiger partial charge on any atom is -0.482 e. The van der Waals surface area contributed by atoms with Crippen LogP contribution in [0, 0.1) is 5.41 Å². The van der Waals surface area contributed by atoms with Crippen LogP contribution in [0.2, 0.25) is 0 Å². The highest BCUT2D eigenvalue weighted by Gasteiger charge is 2.48. The summed E-state index contributed by atoms with van der Waals surface area (Å²) in [5.74, 6) is 0.561. The van der Waals surface area contributed by atoms with Crippen LogP contribution in [0.1, 0.15) is 45.7 Å². The van der Waals surface area contributed by atoms with Gasteiger partial charge in [0.2, 0.25) is 0 Å². The summed E-state index contributed by atoms with van der Waals surface area (Å²) in [5, 5.41) is 6.18. The van der Waals surface area contributed by atoms with Gasteiger partial charge in [-0.05, 0) is 43.9 Å². The third kappa shape index (κ3) is 4.19. The largest absolute Gasteiger partial charge is 0.482 e. The summed E-state index contributed by atoms with van der Waals surface area (Å²) >= 11 is 0. The Morgan fingerprint density at radius 3 is 2.59 bits per heavy atom. The van der Waals surface area contributed by atoms with Crippen LogP contribution in [0.5, 0.6) is 5.75 Å². The van der Waals surface area contributed by atoms with E-state index in [1.807, 2.05) is 19.2 Å². The molecule has 1 aliphatic carbocycles. The van der Waals surface area contributed by atoms with E-state index in [-0.39, 0.29) is 18.1 Å². The van der Waals surface area contributed by atoms with Crippen LogP contribution in [0.15, 0.2) is 18.3 Å². The Bertz CT molecular complexity index is 503. The summed E-state index contributed by atoms with van der Waals surface area (Å²) in [5.41, 5.74) is 1.23. The van der Waals surface area contributed by atoms with E-state index in [2.05, 4.69) is 36.4 Å². The molecule has 2 N–H and O–H groups in total. The number of carbonyl (C=O) groups is 1. The van der Waals surface area contributed by atoms with Crippen molar-refractivity contribution in [1.29, 1.82) is 0 Å². The average molecular weight is 305 g/mol. The molecule has 0 saturated heterocycles. The molecule has 0 radical (unpaired) electrons. The predicted octanol–water partition coefficient (Wildman–Crippen LogP) is 2.26. The van der Waals surface area contributed by atoms with Gasteiger partial charge in [0.1, 0.15) is 5.75 Å². The molecule has 5 heteroatoms. The smallest absolute Gasteiger partial charge is 0.258 e. The maximum atomic E-state index is 12.1. The summed E-state index contributed by atoms with van der Waals surface area (Å²) in [6, 6.07) is 3.74. The fourth-order valence-corrected chi connectivity index (χ4v) is 3.47. The molecule has 0 unspecified atom stereocenters. The van der Waals surface area contributed by atoms with Gasteiger partial charge in [0, 0.05) is 12.1 Å². The summed E-state index contributed by atoms with van der Waals surface area (Å²) in [7, 11) is 1.88. The van der Waals surface area contributed by atoms with Crippen LogP contribution < -0.4 is 15.4 Å². The Labute approximate surface area is 132 Å². The molecular weight excluding hydrogens is 278 g/mol. The second-order valence-corrected chi connectivity index (χ2v) is 7.00. The molecule has 1 aromatic rings. The number of rotatable bonds is 7. The molecule has 122 valence electrons. The third-order valence-electron chi connectivity index (χ3n) is 4.24. The van der Waals surface area contributed by atoms with E-state index >= 15 is 0 Å². The molecule has 0 atom stereocenters. The van der Waals surface area contributed by atoms with Crippen molar-refractivity contribution in [3.05, 3.63) is 24.0 Å². The van der Waals surface area contributed by atoms with Gasteiger partial charge in [-0.3, -0.25) is 9.78 Å². The van der Waals surface area contributed by atoms with Crippen LogP contribution in [0.25, 0.3) is 0 Å². The first-order valence-corrected chi connectivity index (χ1v) is 7.91. The zero-order valence-corrected chi connectivity index (χ0v) is 14.0. The summed E-state index contributed by atoms with van der Waals surface area (Å²) in [4.78, 5) is 16.4. The fraction of sp³-hybridized carbons (Fsp3) is 0.647. The standard InChI is InChI=1S/C17H27N3O2/c1-5-17(11-16(2,3)12-17)20-15(21)10-22-14-7-6-13(8-18-4)19-9-14/h6-7,9,18H,5,8,10-12H2,1-4H3,(H,20,21). The van der Waals surface area contributed by atoms with Gasteiger partial charge in [-0.15, -0.1) is 0 Å². The summed E-state index contributed by atoms with van der Waals surface area (Å²) in [6.07, 6.45) is 4.68. The lowest BCUT2D eigenvalue weighted by molar-refractivity contribution is -0.128. The van der Waals surface area contributed by atoms with Crippen LogP contribution >= 0.6 is 0 Å². The molecule has 5 nitrogen and oxygen atoms in total. The quantitative estimate of drug-likeness (QED) is 0.811. The average Bonchev–Trinajstić information content (AvgIpc) is 2.44. The number of nitrogens with one attached hydrogen (secondary N) is 2. The lowest BCUT2D eigenvalue weighted by Crippen LogP contribution is -2.60. The molecule has 1 aliphatic rings. The highest BCUT2D eigenvalue weighted by atomic mass is 16.5. The minimum absolute atomic E-state index is 0.0369. The summed E-state index contributed by atoms with van der Waals surface area (Å²) in [6.45, 7) is 7.36. The zero-order valence-electron chi connectivity index (χ0n) is 14.0. The van der Waals surface area contributed by atoms with E-state index in [9.17, 15) is 4.79 Å². The van der Waals surface area contributed by atoms with E-state index in [0.717, 1.165) is 31.5 Å². The molecule has 1 heterocycles. The maximum absolute atomic E-state index is 12.1. The highest BCUT2D eigenvalue weighted by molar-refractivity contribution is 5.78. The Morgan fingerprint density at radius 1 is 1.36 bits per heavy atom. The van der Waals surface area contributed by atoms with Crippen molar-refractivity contribution in [1.82, 2.24) is 15.6 Å². The molecule has 22 heavy (non-hydrogen) atoms. The van der Waals surface area contributed by atoms with Crippen molar-refractivity contribution < 1.29 is 9.53 Å². The molecule has 1 saturated carbocycles. The number of amides is 1. The van der Waals surface area contributed by atoms with E-state index in [0.29, 0.717) is 11.2 Å². The molecule has 1 amide bonds. The lowest BCUT2D eigenvalue weighted by Gasteiger charge is -2.53. The van der Waals surface area contributed by atoms with Gasteiger partial charge in [-0.2, -0.15) is 0 Å². The second kappa shape index (κ2) is 6.65. The Hall–Kier alpha value is -1.62. The second-order valence-electron chi connectivity index (χ2n) is 7.00. The first-order chi connectivity index (χ1) is 10.4. The van der Waals surface area contributed by atoms with Crippen molar-refractivity contribution in [2.75, 3.05) is 13.7 Å². The lowest BCUT2D eigenvalue weighted by atomic mass is 9.58. The van der Waals surface area contributed by atoms with E-state index in [1.165, 1.54) is 0 Å². The minimum atomic E-state index is -0.0587. The fourth-order valence-electron chi connectivity index (χ4n) is 3.47. The molecular formula is C17H27N3O2. The van der Waals surface area contributed by atoms with Gasteiger partial charge >= 0.3 is 0 Å². The van der Waals surface area contributed by atoms with Crippen molar-refractivity contribution in [2.24, 2.45) is 5.41 Å². The monoisotopic (exact) mass is 305 g/mol. The Kier molecular flexibility index (Phi) is 5.06. The maximum Gasteiger partial charge on any atom is 0.258 e. The molecule has 1 aromatic heterocycles. The molecule has 0 bridgehead atoms. The molecule has 0 aliphatic heterocycles. The van der Waals surface area contributed by atoms with Crippen molar-refractivity contribution in [2.45, 2.75) is 52.1 Å². The normalized spacial score (nSPS) is 18.4. The SMILES string of the molecule is CCC1(NC(=O)COc2ccc(CNC)nc2)CC(C)(C)C1. The van der Waals surface area contributed by atoms with Crippen LogP contribution in [-0.4, -0.2) is 30.1 Å². The number of carbonyl (C=O) groups excluding carboxylic acids is 1. The van der Waals surface area contributed by atoms with Crippen LogP contribution in [0.4, 0.5) is 0 Å². The number of hydrogen-bond donors (Lipinski definition) is 2. The highest BCUT2D eigenvalue weighted by Crippen LogP contribution is 2.49. The Morgan fingerprint density at radius 2 is 2.09 bits per heavy atom. The van der Waals surface area contributed by atoms with Gasteiger partial charge in [0.15, 0.2) is 6.61 Å². The summed E-state index contributed by atoms with van der Waals surface area (Å²) < 4.78 is 5.52. The van der Waals surface area contributed by atoms with Crippen molar-refractivity contribution in [3.8, 4) is 5.75 Å². The molecule has 0 spiro atoms. The van der Waals surface area contributed by atoms with Crippen LogP contribution in [-0.2, 0) is 11.3 Å². The van der Waals surface area contributed by atoms with Gasteiger partial charge in [-0.25, -0.2) is 0 Å². The van der Waals surface area contributed by atoms with E-state index in [4.69, 9.17) is 4.74 Å². The van der Waals surface area contributed by atoms with Crippen LogP contribution in [0.3, 0.4) is 0 Å². The van der Waals surface area contributed by atoms with Gasteiger partial charge < -0.3 is 15.4 Å². The predicted molar refractivity (Wildman–Crippen MR) is 86.7 cm³/mol. The van der Waals surface area contributed by atoms with Crippen molar-refractivity contribution in [3.63, 3.8) is 0 Å². The molecule has 1 fully saturated rings. The Balaban J connectivity index is 1.80. The topological polar surface area (TPSA) is 63.2 Å². The van der Waals surface area contributed by atoms with Crippen molar-refractivity contribution >= 4 is 5.91 Å². The van der Waals surface area contributed by atoms with E-state index < -0.39 is 0 Å². The number of hydrogen-bond acceptors (Lipinski definition) is 4. The zero-order chi connectivity index (χ0) is 16.2. The molecule has 2 rings (SSSR count). The first kappa shape index (κ1) is 16.7. The number of ether oxygens (including phenoxy) is 1. The van der Waals surface area contributed by atoms with Gasteiger partial charge in [-0.1, -0.05) is 20.8 Å². The molecule has 0 aromatic carbocycles. The first-order valence-electron chi connectivity index (χ1n) is 7.91. The number of pyridine rings is 1. The number of aromatic nitrogens is 1. The van der Waals surface area contributed by atoms with Gasteiger partial charge in [0.05, 0.1) is 11.9 Å².